The van der Waals surface area contributed by atoms with E-state index in [9.17, 15) is 14.7 Å². The predicted molar refractivity (Wildman–Crippen MR) is 62.4 cm³/mol. The van der Waals surface area contributed by atoms with Gasteiger partial charge in [-0.05, 0) is 32.0 Å². The predicted octanol–water partition coefficient (Wildman–Crippen LogP) is 1.62. The van der Waals surface area contributed by atoms with Gasteiger partial charge in [-0.1, -0.05) is 0 Å². The number of rotatable bonds is 3. The van der Waals surface area contributed by atoms with Crippen molar-refractivity contribution in [2.45, 2.75) is 19.9 Å². The number of benzene rings is 1. The summed E-state index contributed by atoms with van der Waals surface area (Å²) >= 11 is 0. The molecule has 0 aliphatic rings. The molecule has 2 amide bonds. The minimum absolute atomic E-state index is 0.0320. The van der Waals surface area contributed by atoms with Crippen molar-refractivity contribution in [2.75, 3.05) is 5.32 Å². The number of hydrogen-bond acceptors (Lipinski definition) is 3. The summed E-state index contributed by atoms with van der Waals surface area (Å²) in [4.78, 5) is 22.0. The molecule has 0 aromatic heterocycles. The molecule has 17 heavy (non-hydrogen) atoms. The summed E-state index contributed by atoms with van der Waals surface area (Å²) in [5.41, 5.74) is 0.116. The Kier molecular flexibility index (Phi) is 3.92. The quantitative estimate of drug-likeness (QED) is 0.601. The minimum atomic E-state index is -1.14. The van der Waals surface area contributed by atoms with Crippen LogP contribution in [-0.4, -0.2) is 28.3 Å². The Bertz CT molecular complexity index is 443. The molecule has 1 aromatic carbocycles. The van der Waals surface area contributed by atoms with Crippen molar-refractivity contribution in [3.8, 4) is 5.75 Å². The van der Waals surface area contributed by atoms with E-state index in [1.807, 2.05) is 0 Å². The number of carbonyl (C=O) groups excluding carboxylic acids is 1. The average molecular weight is 238 g/mol. The van der Waals surface area contributed by atoms with Gasteiger partial charge in [0.2, 0.25) is 0 Å². The highest BCUT2D eigenvalue weighted by molar-refractivity contribution is 5.93. The van der Waals surface area contributed by atoms with Gasteiger partial charge in [-0.2, -0.15) is 0 Å². The van der Waals surface area contributed by atoms with Gasteiger partial charge in [0.05, 0.1) is 11.3 Å². The highest BCUT2D eigenvalue weighted by atomic mass is 16.4. The maximum atomic E-state index is 11.3. The van der Waals surface area contributed by atoms with E-state index in [4.69, 9.17) is 5.11 Å². The van der Waals surface area contributed by atoms with E-state index >= 15 is 0 Å². The van der Waals surface area contributed by atoms with Gasteiger partial charge in [0, 0.05) is 6.04 Å². The third-order valence-corrected chi connectivity index (χ3v) is 1.91. The van der Waals surface area contributed by atoms with Crippen LogP contribution in [0.15, 0.2) is 18.2 Å². The van der Waals surface area contributed by atoms with Gasteiger partial charge < -0.3 is 20.8 Å². The van der Waals surface area contributed by atoms with E-state index in [-0.39, 0.29) is 23.0 Å². The van der Waals surface area contributed by atoms with Gasteiger partial charge in [0.1, 0.15) is 5.75 Å². The van der Waals surface area contributed by atoms with Crippen LogP contribution in [-0.2, 0) is 0 Å². The van der Waals surface area contributed by atoms with Gasteiger partial charge in [0.15, 0.2) is 0 Å². The summed E-state index contributed by atoms with van der Waals surface area (Å²) < 4.78 is 0. The van der Waals surface area contributed by atoms with E-state index in [0.717, 1.165) is 6.07 Å². The fraction of sp³-hybridized carbons (Fsp3) is 0.273. The number of carbonyl (C=O) groups is 2. The molecule has 1 aromatic rings. The van der Waals surface area contributed by atoms with Crippen LogP contribution in [0.2, 0.25) is 0 Å². The second-order valence-electron chi connectivity index (χ2n) is 3.79. The Morgan fingerprint density at radius 1 is 1.29 bits per heavy atom. The lowest BCUT2D eigenvalue weighted by Gasteiger charge is -2.11. The van der Waals surface area contributed by atoms with Crippen LogP contribution in [0.25, 0.3) is 0 Å². The van der Waals surface area contributed by atoms with Gasteiger partial charge in [-0.3, -0.25) is 0 Å². The molecule has 0 aliphatic heterocycles. The van der Waals surface area contributed by atoms with Crippen molar-refractivity contribution in [1.29, 1.82) is 0 Å². The van der Waals surface area contributed by atoms with Crippen LogP contribution in [0.4, 0.5) is 10.5 Å². The zero-order chi connectivity index (χ0) is 13.0. The van der Waals surface area contributed by atoms with Crippen LogP contribution < -0.4 is 10.6 Å². The van der Waals surface area contributed by atoms with Crippen LogP contribution in [0.3, 0.4) is 0 Å². The molecule has 0 radical (unpaired) electrons. The summed E-state index contributed by atoms with van der Waals surface area (Å²) in [6.07, 6.45) is 0. The molecule has 0 fully saturated rings. The summed E-state index contributed by atoms with van der Waals surface area (Å²) in [6.45, 7) is 3.60. The molecule has 6 heteroatoms. The van der Waals surface area contributed by atoms with Crippen molar-refractivity contribution in [1.82, 2.24) is 5.32 Å². The van der Waals surface area contributed by atoms with Crippen molar-refractivity contribution in [2.24, 2.45) is 0 Å². The summed E-state index contributed by atoms with van der Waals surface area (Å²) in [5.74, 6) is -1.43. The average Bonchev–Trinajstić information content (AvgIpc) is 2.19. The first-order valence-corrected chi connectivity index (χ1v) is 5.04. The number of nitrogens with one attached hydrogen (secondary N) is 2. The van der Waals surface area contributed by atoms with Crippen LogP contribution >= 0.6 is 0 Å². The fourth-order valence-electron chi connectivity index (χ4n) is 1.19. The van der Waals surface area contributed by atoms with E-state index in [0.29, 0.717) is 0 Å². The Morgan fingerprint density at radius 2 is 1.94 bits per heavy atom. The maximum Gasteiger partial charge on any atom is 0.335 e. The Balaban J connectivity index is 2.79. The fourth-order valence-corrected chi connectivity index (χ4v) is 1.19. The standard InChI is InChI=1S/C11H14N2O4/c1-6(2)12-11(17)13-8-4-3-7(10(15)16)5-9(8)14/h3-6,14H,1-2H3,(H,15,16)(H2,12,13,17). The normalized spacial score (nSPS) is 10.1. The van der Waals surface area contributed by atoms with E-state index in [1.165, 1.54) is 12.1 Å². The number of carboxylic acid groups (broad SMARTS) is 1. The van der Waals surface area contributed by atoms with Crippen LogP contribution in [0.1, 0.15) is 24.2 Å². The third kappa shape index (κ3) is 3.67. The molecule has 0 saturated carbocycles. The lowest BCUT2D eigenvalue weighted by Crippen LogP contribution is -2.34. The number of aromatic carboxylic acids is 1. The van der Waals surface area contributed by atoms with Crippen LogP contribution in [0, 0.1) is 0 Å². The van der Waals surface area contributed by atoms with Crippen LogP contribution in [0.5, 0.6) is 5.75 Å². The number of phenols is 1. The molecular weight excluding hydrogens is 224 g/mol. The Labute approximate surface area is 98.3 Å². The molecule has 0 heterocycles. The second-order valence-corrected chi connectivity index (χ2v) is 3.79. The third-order valence-electron chi connectivity index (χ3n) is 1.91. The topological polar surface area (TPSA) is 98.7 Å². The van der Waals surface area contributed by atoms with Gasteiger partial charge in [-0.15, -0.1) is 0 Å². The zero-order valence-electron chi connectivity index (χ0n) is 9.52. The number of phenolic OH excluding ortho intramolecular Hbond substituents is 1. The number of amides is 2. The number of carboxylic acids is 1. The number of hydrogen-bond donors (Lipinski definition) is 4. The molecule has 0 saturated heterocycles. The van der Waals surface area contributed by atoms with Gasteiger partial charge >= 0.3 is 12.0 Å². The number of aromatic hydroxyl groups is 1. The first-order valence-electron chi connectivity index (χ1n) is 5.04. The highest BCUT2D eigenvalue weighted by Crippen LogP contribution is 2.24. The molecule has 0 spiro atoms. The number of anilines is 1. The van der Waals surface area contributed by atoms with Crippen molar-refractivity contribution in [3.63, 3.8) is 0 Å². The Morgan fingerprint density at radius 3 is 2.41 bits per heavy atom. The molecule has 0 aliphatic carbocycles. The molecular formula is C11H14N2O4. The monoisotopic (exact) mass is 238 g/mol. The Hall–Kier alpha value is -2.24. The smallest absolute Gasteiger partial charge is 0.335 e. The lowest BCUT2D eigenvalue weighted by molar-refractivity contribution is 0.0696. The molecule has 0 atom stereocenters. The molecule has 6 nitrogen and oxygen atoms in total. The largest absolute Gasteiger partial charge is 0.506 e. The van der Waals surface area contributed by atoms with Gasteiger partial charge in [-0.25, -0.2) is 9.59 Å². The van der Waals surface area contributed by atoms with Gasteiger partial charge in [0.25, 0.3) is 0 Å². The summed E-state index contributed by atoms with van der Waals surface area (Å²) in [7, 11) is 0. The highest BCUT2D eigenvalue weighted by Gasteiger charge is 2.10. The second kappa shape index (κ2) is 5.20. The maximum absolute atomic E-state index is 11.3. The van der Waals surface area contributed by atoms with Crippen molar-refractivity contribution < 1.29 is 19.8 Å². The molecule has 92 valence electrons. The summed E-state index contributed by atoms with van der Waals surface area (Å²) in [6, 6.07) is 3.22. The minimum Gasteiger partial charge on any atom is -0.506 e. The molecule has 1 rings (SSSR count). The number of urea groups is 1. The van der Waals surface area contributed by atoms with E-state index in [1.54, 1.807) is 13.8 Å². The lowest BCUT2D eigenvalue weighted by atomic mass is 10.2. The molecule has 0 unspecified atom stereocenters. The molecule has 4 N–H and O–H groups in total. The molecule has 0 bridgehead atoms. The first-order chi connectivity index (χ1) is 7.90. The SMILES string of the molecule is CC(C)NC(=O)Nc1ccc(C(=O)O)cc1O. The zero-order valence-corrected chi connectivity index (χ0v) is 9.52. The first kappa shape index (κ1) is 12.8. The van der Waals surface area contributed by atoms with Crippen molar-refractivity contribution >= 4 is 17.7 Å². The van der Waals surface area contributed by atoms with Crippen molar-refractivity contribution in [3.05, 3.63) is 23.8 Å². The van der Waals surface area contributed by atoms with E-state index in [2.05, 4.69) is 10.6 Å². The summed E-state index contributed by atoms with van der Waals surface area (Å²) in [5, 5.41) is 23.2. The van der Waals surface area contributed by atoms with E-state index < -0.39 is 12.0 Å².